The molecule has 0 unspecified atom stereocenters. The van der Waals surface area contributed by atoms with Crippen LogP contribution in [0.25, 0.3) is 10.9 Å². The molecular weight excluding hydrogens is 1670 g/mol. The molecule has 1 aromatic heterocycles. The second-order valence-corrected chi connectivity index (χ2v) is 30.9. The fraction of sp³-hybridized carbons (Fsp3) is 0.550. The van der Waals surface area contributed by atoms with Gasteiger partial charge in [0, 0.05) is 69.2 Å². The maximum atomic E-state index is 14.8. The van der Waals surface area contributed by atoms with E-state index in [1.165, 1.54) is 20.8 Å². The van der Waals surface area contributed by atoms with Crippen molar-refractivity contribution in [1.29, 1.82) is 10.8 Å². The van der Waals surface area contributed by atoms with E-state index in [9.17, 15) is 111 Å². The molecule has 0 spiro atoms. The normalized spacial score (nSPS) is 14.5. The van der Waals surface area contributed by atoms with Gasteiger partial charge in [0.1, 0.15) is 78.5 Å². The quantitative estimate of drug-likeness (QED) is 0.0142. The van der Waals surface area contributed by atoms with E-state index in [1.54, 1.807) is 77.2 Å². The molecule has 127 heavy (non-hydrogen) atoms. The summed E-state index contributed by atoms with van der Waals surface area (Å²) in [5, 5.41) is 84.7. The first kappa shape index (κ1) is 107. The molecule has 17 amide bonds. The van der Waals surface area contributed by atoms with E-state index in [1.807, 2.05) is 18.2 Å². The van der Waals surface area contributed by atoms with E-state index in [2.05, 4.69) is 90.1 Å². The number of para-hydroxylation sites is 1. The fourth-order valence-electron chi connectivity index (χ4n) is 12.8. The molecule has 0 aliphatic rings. The Morgan fingerprint density at radius 3 is 1.26 bits per heavy atom. The van der Waals surface area contributed by atoms with Gasteiger partial charge < -0.3 is 134 Å². The topological polar surface area (TPSA) is 788 Å². The molecule has 3 rings (SSSR count). The minimum atomic E-state index is -2.07. The molecule has 0 fully saturated rings. The summed E-state index contributed by atoms with van der Waals surface area (Å²) in [6.07, 6.45) is -4.95. The highest BCUT2D eigenvalue weighted by molar-refractivity contribution is 6.02. The zero-order chi connectivity index (χ0) is 95.5. The van der Waals surface area contributed by atoms with Crippen molar-refractivity contribution in [1.82, 2.24) is 90.1 Å². The Kier molecular flexibility index (Phi) is 46.0. The highest BCUT2D eigenvalue weighted by Crippen LogP contribution is 2.21. The Morgan fingerprint density at radius 1 is 0.394 bits per heavy atom. The number of nitrogens with one attached hydrogen (secondary N) is 19. The molecule has 3 aromatic rings. The summed E-state index contributed by atoms with van der Waals surface area (Å²) >= 11 is 0. The van der Waals surface area contributed by atoms with Gasteiger partial charge in [-0.3, -0.25) is 107 Å². The van der Waals surface area contributed by atoms with Crippen molar-refractivity contribution in [3.05, 3.63) is 71.9 Å². The van der Waals surface area contributed by atoms with Crippen molar-refractivity contribution in [2.75, 3.05) is 19.6 Å². The number of primary amides is 3. The summed E-state index contributed by atoms with van der Waals surface area (Å²) in [4.78, 5) is 273. The zero-order valence-electron chi connectivity index (χ0n) is 72.0. The van der Waals surface area contributed by atoms with Crippen LogP contribution in [-0.2, 0) is 109 Å². The first-order valence-corrected chi connectivity index (χ1v) is 41.2. The van der Waals surface area contributed by atoms with Gasteiger partial charge in [0.05, 0.1) is 19.4 Å². The molecule has 700 valence electrons. The van der Waals surface area contributed by atoms with E-state index >= 15 is 0 Å². The van der Waals surface area contributed by atoms with Crippen molar-refractivity contribution in [3.8, 4) is 0 Å². The van der Waals surface area contributed by atoms with Crippen molar-refractivity contribution in [3.63, 3.8) is 0 Å². The Hall–Kier alpha value is -14.1. The Bertz CT molecular complexity index is 4390. The van der Waals surface area contributed by atoms with Gasteiger partial charge in [-0.2, -0.15) is 0 Å². The molecule has 47 heteroatoms. The fourth-order valence-corrected chi connectivity index (χ4v) is 12.8. The lowest BCUT2D eigenvalue weighted by atomic mass is 9.96. The Morgan fingerprint density at radius 2 is 0.803 bits per heavy atom. The number of carbonyl (C=O) groups is 20. The number of guanidine groups is 2. The molecule has 2 aromatic carbocycles. The minimum absolute atomic E-state index is 0.0165. The van der Waals surface area contributed by atoms with Crippen molar-refractivity contribution < 1.29 is 111 Å². The highest BCUT2D eigenvalue weighted by Gasteiger charge is 2.39. The molecule has 32 N–H and O–H groups in total. The summed E-state index contributed by atoms with van der Waals surface area (Å²) in [6, 6.07) is -6.05. The van der Waals surface area contributed by atoms with Crippen molar-refractivity contribution >= 4 is 141 Å². The van der Waals surface area contributed by atoms with Gasteiger partial charge >= 0.3 is 17.9 Å². The second kappa shape index (κ2) is 54.5. The monoisotopic (exact) mass is 1790 g/mol. The number of carbonyl (C=O) groups excluding carboxylic acids is 17. The molecule has 0 aliphatic carbocycles. The van der Waals surface area contributed by atoms with E-state index < -0.39 is 284 Å². The van der Waals surface area contributed by atoms with Crippen LogP contribution >= 0.6 is 0 Å². The standard InChI is InChI=1S/C80H122N24O23/c1-9-40(5)64(77(126)91-38-60(108)94-57(36-63(113)114)75(124)99-52(26-29-62(111)112)71(120)102-55(33-44-18-12-11-13-19-44)74(123)100-53(66(83)115)35-59(82)107)103-72(121)49(23-17-31-89-80(86)87)96-68(117)48(22-16-30-88-79(84)85)97-73(122)54(32-39(3)4)101-70(119)51(25-28-61(109)110)98-69(118)50(24-27-58(81)106)95-67(116)42(7)92-78(127)65(41(6)10-2)104-76(125)56(93-43(8)105)34-45-37-90-47-21-15-14-20-46(45)47/h11-15,18-21,37,39-42,48-57,64-65,90H,9-10,16-17,22-36,38H2,1-8H3,(H2,81,106)(H2,82,107)(H2,83,115)(H,91,126)(H,92,127)(H,93,105)(H,94,108)(H,95,116)(H,96,117)(H,97,122)(H,98,118)(H,99,124)(H,100,123)(H,101,119)(H,102,120)(H,103,121)(H,104,125)(H,109,110)(H,111,112)(H,113,114)(H4,84,85,88)(H4,86,87,89)/t40-,41-,42-,48-,49-,50-,51-,52-,53-,54-,55-,56-,57-,64-,65-/m0/s1. The Labute approximate surface area is 731 Å². The molecule has 0 bridgehead atoms. The lowest BCUT2D eigenvalue weighted by Crippen LogP contribution is -2.61. The maximum Gasteiger partial charge on any atom is 0.305 e. The minimum Gasteiger partial charge on any atom is -0.481 e. The van der Waals surface area contributed by atoms with E-state index in [-0.39, 0.29) is 64.5 Å². The van der Waals surface area contributed by atoms with Crippen LogP contribution in [0.2, 0.25) is 0 Å². The number of rotatable bonds is 59. The van der Waals surface area contributed by atoms with Gasteiger partial charge in [-0.1, -0.05) is 103 Å². The van der Waals surface area contributed by atoms with Crippen LogP contribution in [-0.4, -0.2) is 249 Å². The zero-order valence-corrected chi connectivity index (χ0v) is 72.0. The van der Waals surface area contributed by atoms with E-state index in [0.717, 1.165) is 10.9 Å². The number of aromatic nitrogens is 1. The van der Waals surface area contributed by atoms with Crippen molar-refractivity contribution in [2.24, 2.45) is 46.4 Å². The number of hydrogen-bond donors (Lipinski definition) is 27. The molecule has 0 radical (unpaired) electrons. The van der Waals surface area contributed by atoms with Crippen LogP contribution in [0.15, 0.2) is 60.8 Å². The van der Waals surface area contributed by atoms with Crippen molar-refractivity contribution in [2.45, 2.75) is 243 Å². The predicted octanol–water partition coefficient (Wildman–Crippen LogP) is -6.09. The van der Waals surface area contributed by atoms with Gasteiger partial charge in [-0.15, -0.1) is 0 Å². The number of carboxylic acid groups (broad SMARTS) is 3. The summed E-state index contributed by atoms with van der Waals surface area (Å²) in [7, 11) is 0. The number of aliphatic carboxylic acids is 3. The van der Waals surface area contributed by atoms with Crippen LogP contribution in [0.4, 0.5) is 0 Å². The molecular formula is C80H122N24O23. The maximum absolute atomic E-state index is 14.8. The van der Waals surface area contributed by atoms with Crippen LogP contribution in [0.5, 0.6) is 0 Å². The summed E-state index contributed by atoms with van der Waals surface area (Å²) in [5.74, 6) is -25.2. The number of carboxylic acids is 3. The van der Waals surface area contributed by atoms with Crippen LogP contribution < -0.4 is 114 Å². The molecule has 0 saturated heterocycles. The molecule has 1 heterocycles. The number of nitrogens with two attached hydrogens (primary N) is 5. The average molecular weight is 1790 g/mol. The van der Waals surface area contributed by atoms with Crippen LogP contribution in [0.3, 0.4) is 0 Å². The summed E-state index contributed by atoms with van der Waals surface area (Å²) in [5.41, 5.74) is 29.0. The van der Waals surface area contributed by atoms with E-state index in [4.69, 9.17) is 39.5 Å². The third kappa shape index (κ3) is 40.0. The second-order valence-electron chi connectivity index (χ2n) is 30.9. The summed E-state index contributed by atoms with van der Waals surface area (Å²) < 4.78 is 0. The number of amides is 17. The number of fused-ring (bicyclic) bond motifs is 1. The first-order chi connectivity index (χ1) is 59.7. The number of aromatic amines is 1. The largest absolute Gasteiger partial charge is 0.481 e. The van der Waals surface area contributed by atoms with Gasteiger partial charge in [0.15, 0.2) is 11.9 Å². The molecule has 15 atom stereocenters. The van der Waals surface area contributed by atoms with Gasteiger partial charge in [0.2, 0.25) is 100 Å². The lowest BCUT2D eigenvalue weighted by Gasteiger charge is -2.29. The van der Waals surface area contributed by atoms with Crippen LogP contribution in [0.1, 0.15) is 163 Å². The lowest BCUT2D eigenvalue weighted by molar-refractivity contribution is -0.141. The van der Waals surface area contributed by atoms with E-state index in [0.29, 0.717) is 17.5 Å². The number of H-pyrrole nitrogens is 1. The third-order valence-corrected chi connectivity index (χ3v) is 20.0. The molecule has 0 saturated carbocycles. The molecule has 47 nitrogen and oxygen atoms in total. The average Bonchev–Trinajstić information content (AvgIpc) is 1.69. The smallest absolute Gasteiger partial charge is 0.305 e. The van der Waals surface area contributed by atoms with Crippen LogP contribution in [0, 0.1) is 28.6 Å². The summed E-state index contributed by atoms with van der Waals surface area (Å²) in [6.45, 7) is 11.1. The Balaban J connectivity index is 1.94. The number of hydrogen-bond acceptors (Lipinski definition) is 22. The SMILES string of the molecule is CC[C@H](C)[C@H](NC(=O)[C@H](CCCNC(=N)N)NC(=O)[C@H](CCCNC(=N)N)NC(=O)[C@H](CC(C)C)NC(=O)[C@H](CCC(=O)O)NC(=O)[C@H](CCC(N)=O)NC(=O)[C@H](C)NC(=O)[C@@H](NC(=O)[C@H](Cc1c[nH]c2ccccc12)NC(C)=O)[C@@H](C)CC)C(=O)NCC(=O)N[C@@H](CC(=O)O)C(=O)N[C@@H](CCC(=O)O)C(=O)N[C@@H](Cc1ccccc1)C(=O)N[C@@H](CC(N)=O)C(N)=O. The first-order valence-electron chi connectivity index (χ1n) is 41.2. The predicted molar refractivity (Wildman–Crippen MR) is 456 cm³/mol. The third-order valence-electron chi connectivity index (χ3n) is 20.0. The van der Waals surface area contributed by atoms with Gasteiger partial charge in [-0.05, 0) is 93.2 Å². The highest BCUT2D eigenvalue weighted by atomic mass is 16.4. The van der Waals surface area contributed by atoms with Gasteiger partial charge in [0.25, 0.3) is 0 Å². The molecule has 0 aliphatic heterocycles. The number of benzene rings is 2. The van der Waals surface area contributed by atoms with Gasteiger partial charge in [-0.25, -0.2) is 0 Å².